The molecular weight excluding hydrogens is 711 g/mol. The summed E-state index contributed by atoms with van der Waals surface area (Å²) >= 11 is 0. The number of nitriles is 1. The van der Waals surface area contributed by atoms with Crippen molar-refractivity contribution in [1.29, 1.82) is 5.26 Å². The second kappa shape index (κ2) is 13.6. The number of furan rings is 1. The third-order valence-electron chi connectivity index (χ3n) is 10.9. The van der Waals surface area contributed by atoms with Crippen molar-refractivity contribution in [3.05, 3.63) is 194 Å². The summed E-state index contributed by atoms with van der Waals surface area (Å²) in [7, 11) is 0. The normalized spacial score (nSPS) is 11.4. The lowest BCUT2D eigenvalue weighted by atomic mass is 9.99. The Morgan fingerprint density at radius 2 is 0.966 bits per heavy atom. The first-order valence-electron chi connectivity index (χ1n) is 19.2. The molecule has 8 aromatic carbocycles. The molecule has 0 aliphatic carbocycles. The lowest BCUT2D eigenvalue weighted by Gasteiger charge is -2.16. The fourth-order valence-corrected chi connectivity index (χ4v) is 8.10. The van der Waals surface area contributed by atoms with Crippen LogP contribution in [0.2, 0.25) is 0 Å². The van der Waals surface area contributed by atoms with E-state index in [9.17, 15) is 5.26 Å². The maximum atomic E-state index is 9.63. The zero-order valence-corrected chi connectivity index (χ0v) is 31.0. The van der Waals surface area contributed by atoms with Gasteiger partial charge in [0, 0.05) is 38.2 Å². The maximum Gasteiger partial charge on any atom is 0.166 e. The first-order valence-corrected chi connectivity index (χ1v) is 19.2. The quantitative estimate of drug-likeness (QED) is 0.169. The fourth-order valence-electron chi connectivity index (χ4n) is 8.10. The predicted octanol–water partition coefficient (Wildman–Crippen LogP) is 13.1. The molecule has 58 heavy (non-hydrogen) atoms. The van der Waals surface area contributed by atoms with Crippen LogP contribution in [-0.2, 0) is 0 Å². The molecule has 0 radical (unpaired) electrons. The van der Waals surface area contributed by atoms with Gasteiger partial charge in [-0.15, -0.1) is 0 Å². The van der Waals surface area contributed by atoms with Gasteiger partial charge in [-0.25, -0.2) is 15.0 Å². The molecule has 0 amide bonds. The Kier molecular flexibility index (Phi) is 7.76. The van der Waals surface area contributed by atoms with Crippen LogP contribution in [0.25, 0.3) is 106 Å². The van der Waals surface area contributed by atoms with E-state index in [1.165, 1.54) is 0 Å². The topological polar surface area (TPSA) is 80.5 Å². The van der Waals surface area contributed by atoms with Gasteiger partial charge in [0.2, 0.25) is 0 Å². The monoisotopic (exact) mass is 741 g/mol. The minimum absolute atomic E-state index is 0.560. The van der Waals surface area contributed by atoms with Crippen LogP contribution in [0.1, 0.15) is 5.56 Å². The lowest BCUT2D eigenvalue weighted by Crippen LogP contribution is -2.04. The molecule has 0 bridgehead atoms. The molecule has 270 valence electrons. The average Bonchev–Trinajstić information content (AvgIpc) is 3.84. The number of benzene rings is 8. The molecule has 6 nitrogen and oxygen atoms in total. The molecule has 0 aliphatic rings. The Labute approximate surface area is 333 Å². The summed E-state index contributed by atoms with van der Waals surface area (Å²) in [6.45, 7) is 0. The molecular formula is C52H31N5O. The van der Waals surface area contributed by atoms with Gasteiger partial charge in [-0.2, -0.15) is 5.26 Å². The Bertz CT molecular complexity index is 3360. The highest BCUT2D eigenvalue weighted by atomic mass is 16.3. The zero-order chi connectivity index (χ0) is 38.6. The van der Waals surface area contributed by atoms with Crippen molar-refractivity contribution in [1.82, 2.24) is 19.5 Å². The molecule has 3 heterocycles. The van der Waals surface area contributed by atoms with Gasteiger partial charge in [0.1, 0.15) is 11.2 Å². The molecule has 0 atom stereocenters. The summed E-state index contributed by atoms with van der Waals surface area (Å²) in [6.07, 6.45) is 0. The second-order valence-electron chi connectivity index (χ2n) is 14.4. The SMILES string of the molecule is N#Cc1cccc(-c2ccc3c(c2)c2ccccc2n3-c2ccc(-c3ccc4c(c3)oc3ccccc34)cc2-c2nc(-c3ccccc3)nc(-c3ccccc3)n2)c1. The molecule has 0 fully saturated rings. The molecule has 0 saturated heterocycles. The van der Waals surface area contributed by atoms with Crippen LogP contribution in [0.15, 0.2) is 192 Å². The largest absolute Gasteiger partial charge is 0.456 e. The van der Waals surface area contributed by atoms with Crippen LogP contribution in [0.5, 0.6) is 0 Å². The molecule has 6 heteroatoms. The molecule has 11 rings (SSSR count). The molecule has 0 aliphatic heterocycles. The highest BCUT2D eigenvalue weighted by Crippen LogP contribution is 2.40. The van der Waals surface area contributed by atoms with Crippen molar-refractivity contribution >= 4 is 43.7 Å². The van der Waals surface area contributed by atoms with Gasteiger partial charge in [0.15, 0.2) is 17.5 Å². The number of nitrogens with zero attached hydrogens (tertiary/aromatic N) is 5. The highest BCUT2D eigenvalue weighted by molar-refractivity contribution is 6.11. The summed E-state index contributed by atoms with van der Waals surface area (Å²) in [6, 6.07) is 66.3. The van der Waals surface area contributed by atoms with E-state index in [2.05, 4.69) is 102 Å². The minimum Gasteiger partial charge on any atom is -0.456 e. The second-order valence-corrected chi connectivity index (χ2v) is 14.4. The van der Waals surface area contributed by atoms with Crippen molar-refractivity contribution in [2.24, 2.45) is 0 Å². The van der Waals surface area contributed by atoms with Gasteiger partial charge in [-0.3, -0.25) is 0 Å². The van der Waals surface area contributed by atoms with Crippen LogP contribution in [0.3, 0.4) is 0 Å². The first-order chi connectivity index (χ1) is 28.7. The van der Waals surface area contributed by atoms with Crippen LogP contribution in [0, 0.1) is 11.3 Å². The van der Waals surface area contributed by atoms with Crippen LogP contribution >= 0.6 is 0 Å². The van der Waals surface area contributed by atoms with Crippen molar-refractivity contribution in [3.8, 4) is 68.2 Å². The molecule has 0 N–H and O–H groups in total. The van der Waals surface area contributed by atoms with Crippen molar-refractivity contribution < 1.29 is 4.42 Å². The Balaban J connectivity index is 1.18. The van der Waals surface area contributed by atoms with Gasteiger partial charge in [-0.1, -0.05) is 127 Å². The molecule has 3 aromatic heterocycles. The van der Waals surface area contributed by atoms with Crippen molar-refractivity contribution in [2.75, 3.05) is 0 Å². The van der Waals surface area contributed by atoms with Crippen LogP contribution in [0.4, 0.5) is 0 Å². The molecule has 0 spiro atoms. The number of para-hydroxylation sites is 2. The van der Waals surface area contributed by atoms with E-state index >= 15 is 0 Å². The maximum absolute atomic E-state index is 9.63. The summed E-state index contributed by atoms with van der Waals surface area (Å²) in [5.74, 6) is 1.75. The first kappa shape index (κ1) is 33.2. The smallest absolute Gasteiger partial charge is 0.166 e. The van der Waals surface area contributed by atoms with E-state index in [1.807, 2.05) is 97.1 Å². The van der Waals surface area contributed by atoms with Gasteiger partial charge >= 0.3 is 0 Å². The van der Waals surface area contributed by atoms with Gasteiger partial charge in [0.25, 0.3) is 0 Å². The van der Waals surface area contributed by atoms with E-state index in [1.54, 1.807) is 0 Å². The number of hydrogen-bond acceptors (Lipinski definition) is 5. The summed E-state index contributed by atoms with van der Waals surface area (Å²) in [4.78, 5) is 15.5. The van der Waals surface area contributed by atoms with E-state index < -0.39 is 0 Å². The Hall–Kier alpha value is -8.14. The summed E-state index contributed by atoms with van der Waals surface area (Å²) < 4.78 is 8.65. The molecule has 0 saturated carbocycles. The standard InChI is InChI=1S/C52H31N5O/c53-32-33-12-11-17-36(28-33)37-23-26-46-43(29-37)40-18-7-9-20-45(40)57(46)47-27-24-38(39-22-25-42-41-19-8-10-21-48(41)58-49(42)31-39)30-44(47)52-55-50(34-13-3-1-4-14-34)54-51(56-52)35-15-5-2-6-16-35/h1-31H. The Morgan fingerprint density at radius 3 is 1.74 bits per heavy atom. The minimum atomic E-state index is 0.560. The van der Waals surface area contributed by atoms with Crippen LogP contribution in [-0.4, -0.2) is 19.5 Å². The summed E-state index contributed by atoms with van der Waals surface area (Å²) in [5.41, 5.74) is 12.1. The van der Waals surface area contributed by atoms with E-state index in [0.717, 1.165) is 88.4 Å². The van der Waals surface area contributed by atoms with E-state index in [0.29, 0.717) is 23.0 Å². The van der Waals surface area contributed by atoms with E-state index in [-0.39, 0.29) is 0 Å². The highest BCUT2D eigenvalue weighted by Gasteiger charge is 2.21. The number of fused-ring (bicyclic) bond motifs is 6. The molecule has 11 aromatic rings. The Morgan fingerprint density at radius 1 is 0.397 bits per heavy atom. The third kappa shape index (κ3) is 5.61. The molecule has 0 unspecified atom stereocenters. The predicted molar refractivity (Wildman–Crippen MR) is 233 cm³/mol. The number of hydrogen-bond donors (Lipinski definition) is 0. The average molecular weight is 742 g/mol. The van der Waals surface area contributed by atoms with Gasteiger partial charge in [-0.05, 0) is 82.9 Å². The number of aromatic nitrogens is 4. The van der Waals surface area contributed by atoms with Gasteiger partial charge < -0.3 is 8.98 Å². The lowest BCUT2D eigenvalue weighted by molar-refractivity contribution is 0.669. The van der Waals surface area contributed by atoms with E-state index in [4.69, 9.17) is 19.4 Å². The van der Waals surface area contributed by atoms with Crippen LogP contribution < -0.4 is 0 Å². The summed E-state index contributed by atoms with van der Waals surface area (Å²) in [5, 5.41) is 14.0. The fraction of sp³-hybridized carbons (Fsp3) is 0. The zero-order valence-electron chi connectivity index (χ0n) is 31.0. The number of rotatable bonds is 6. The van der Waals surface area contributed by atoms with Crippen molar-refractivity contribution in [3.63, 3.8) is 0 Å². The third-order valence-corrected chi connectivity index (χ3v) is 10.9. The van der Waals surface area contributed by atoms with Crippen molar-refractivity contribution in [2.45, 2.75) is 0 Å². The van der Waals surface area contributed by atoms with Gasteiger partial charge in [0.05, 0.1) is 28.4 Å².